The number of hydrogen-bond acceptors (Lipinski definition) is 6. The van der Waals surface area contributed by atoms with Crippen LogP contribution in [0.15, 0.2) is 52.2 Å². The summed E-state index contributed by atoms with van der Waals surface area (Å²) in [6.45, 7) is 2.01. The Hall–Kier alpha value is -2.84. The highest BCUT2D eigenvalue weighted by atomic mass is 32.1. The third-order valence-corrected chi connectivity index (χ3v) is 5.26. The maximum Gasteiger partial charge on any atom is 0.271 e. The zero-order valence-corrected chi connectivity index (χ0v) is 14.7. The third-order valence-electron chi connectivity index (χ3n) is 3.73. The Balaban J connectivity index is 1.62. The summed E-state index contributed by atoms with van der Waals surface area (Å²) in [7, 11) is 0. The van der Waals surface area contributed by atoms with Crippen molar-refractivity contribution >= 4 is 38.7 Å². The SMILES string of the molecule is Cc1ccccc1-c1csc(NC(=O)c2cnc3sccn3c2=O)n1. The Labute approximate surface area is 150 Å². The summed E-state index contributed by atoms with van der Waals surface area (Å²) in [5.74, 6) is -0.510. The first kappa shape index (κ1) is 15.7. The predicted molar refractivity (Wildman–Crippen MR) is 99.6 cm³/mol. The monoisotopic (exact) mass is 368 g/mol. The molecule has 0 aliphatic rings. The van der Waals surface area contributed by atoms with Gasteiger partial charge in [0, 0.05) is 28.7 Å². The van der Waals surface area contributed by atoms with Crippen LogP contribution in [0.3, 0.4) is 0 Å². The van der Waals surface area contributed by atoms with Crippen LogP contribution in [0.4, 0.5) is 5.13 Å². The molecular weight excluding hydrogens is 356 g/mol. The van der Waals surface area contributed by atoms with Gasteiger partial charge in [-0.2, -0.15) is 0 Å². The first-order valence-electron chi connectivity index (χ1n) is 7.41. The lowest BCUT2D eigenvalue weighted by Gasteiger charge is -2.02. The number of aryl methyl sites for hydroxylation is 1. The summed E-state index contributed by atoms with van der Waals surface area (Å²) in [6.07, 6.45) is 2.91. The van der Waals surface area contributed by atoms with Crippen molar-refractivity contribution in [1.29, 1.82) is 0 Å². The molecule has 25 heavy (non-hydrogen) atoms. The second-order valence-corrected chi connectivity index (χ2v) is 7.07. The van der Waals surface area contributed by atoms with E-state index in [-0.39, 0.29) is 11.1 Å². The van der Waals surface area contributed by atoms with Gasteiger partial charge in [-0.05, 0) is 12.5 Å². The van der Waals surface area contributed by atoms with Gasteiger partial charge in [0.1, 0.15) is 5.56 Å². The van der Waals surface area contributed by atoms with E-state index in [0.29, 0.717) is 10.1 Å². The molecule has 0 aliphatic heterocycles. The molecule has 1 amide bonds. The van der Waals surface area contributed by atoms with Gasteiger partial charge >= 0.3 is 0 Å². The Bertz CT molecular complexity index is 1140. The number of amides is 1. The van der Waals surface area contributed by atoms with E-state index >= 15 is 0 Å². The molecule has 0 spiro atoms. The summed E-state index contributed by atoms with van der Waals surface area (Å²) < 4.78 is 1.36. The molecule has 0 bridgehead atoms. The van der Waals surface area contributed by atoms with Crippen molar-refractivity contribution in [2.75, 3.05) is 5.32 Å². The summed E-state index contributed by atoms with van der Waals surface area (Å²) in [5, 5.41) is 6.76. The van der Waals surface area contributed by atoms with E-state index in [1.807, 2.05) is 36.6 Å². The molecule has 0 saturated heterocycles. The minimum Gasteiger partial charge on any atom is -0.298 e. The fraction of sp³-hybridized carbons (Fsp3) is 0.0588. The maximum absolute atomic E-state index is 12.4. The number of nitrogens with zero attached hydrogens (tertiary/aromatic N) is 3. The molecule has 0 atom stereocenters. The van der Waals surface area contributed by atoms with Crippen molar-refractivity contribution in [3.8, 4) is 11.3 Å². The molecule has 0 aliphatic carbocycles. The number of fused-ring (bicyclic) bond motifs is 1. The van der Waals surface area contributed by atoms with Crippen molar-refractivity contribution in [3.05, 3.63) is 68.9 Å². The number of thiazole rings is 2. The van der Waals surface area contributed by atoms with Gasteiger partial charge in [-0.15, -0.1) is 22.7 Å². The van der Waals surface area contributed by atoms with Crippen LogP contribution in [-0.4, -0.2) is 20.3 Å². The lowest BCUT2D eigenvalue weighted by molar-refractivity contribution is 0.102. The van der Waals surface area contributed by atoms with E-state index in [0.717, 1.165) is 16.8 Å². The largest absolute Gasteiger partial charge is 0.298 e. The van der Waals surface area contributed by atoms with Gasteiger partial charge in [0.15, 0.2) is 10.1 Å². The molecule has 0 saturated carbocycles. The van der Waals surface area contributed by atoms with Crippen LogP contribution in [-0.2, 0) is 0 Å². The van der Waals surface area contributed by atoms with Crippen LogP contribution >= 0.6 is 22.7 Å². The highest BCUT2D eigenvalue weighted by Gasteiger charge is 2.16. The van der Waals surface area contributed by atoms with E-state index in [1.54, 1.807) is 11.6 Å². The predicted octanol–water partition coefficient (Wildman–Crippen LogP) is 3.44. The number of nitrogens with one attached hydrogen (secondary N) is 1. The topological polar surface area (TPSA) is 76.4 Å². The van der Waals surface area contributed by atoms with Crippen LogP contribution in [0.25, 0.3) is 16.2 Å². The summed E-state index contributed by atoms with van der Waals surface area (Å²) in [6, 6.07) is 7.91. The molecule has 4 aromatic rings. The molecule has 0 fully saturated rings. The molecule has 3 heterocycles. The van der Waals surface area contributed by atoms with Crippen LogP contribution < -0.4 is 10.9 Å². The highest BCUT2D eigenvalue weighted by molar-refractivity contribution is 7.15. The molecule has 8 heteroatoms. The molecule has 124 valence electrons. The van der Waals surface area contributed by atoms with Gasteiger partial charge in [-0.3, -0.25) is 19.3 Å². The summed E-state index contributed by atoms with van der Waals surface area (Å²) in [4.78, 5) is 33.9. The number of carbonyl (C=O) groups excluding carboxylic acids is 1. The summed E-state index contributed by atoms with van der Waals surface area (Å²) >= 11 is 2.65. The number of hydrogen-bond donors (Lipinski definition) is 1. The van der Waals surface area contributed by atoms with E-state index in [9.17, 15) is 9.59 Å². The van der Waals surface area contributed by atoms with Crippen LogP contribution in [0.2, 0.25) is 0 Å². The van der Waals surface area contributed by atoms with Gasteiger partial charge in [-0.1, -0.05) is 24.3 Å². The Kier molecular flexibility index (Phi) is 3.90. The van der Waals surface area contributed by atoms with Gasteiger partial charge in [0.2, 0.25) is 0 Å². The fourth-order valence-electron chi connectivity index (χ4n) is 2.46. The number of aromatic nitrogens is 3. The van der Waals surface area contributed by atoms with E-state index in [4.69, 9.17) is 0 Å². The van der Waals surface area contributed by atoms with Gasteiger partial charge in [0.25, 0.3) is 11.5 Å². The smallest absolute Gasteiger partial charge is 0.271 e. The fourth-order valence-corrected chi connectivity index (χ4v) is 3.84. The average molecular weight is 368 g/mol. The van der Waals surface area contributed by atoms with Crippen LogP contribution in [0, 0.1) is 6.92 Å². The number of benzene rings is 1. The van der Waals surface area contributed by atoms with Crippen LogP contribution in [0.1, 0.15) is 15.9 Å². The minimum absolute atomic E-state index is 0.0106. The Morgan fingerprint density at radius 2 is 2.08 bits per heavy atom. The molecule has 0 unspecified atom stereocenters. The highest BCUT2D eigenvalue weighted by Crippen LogP contribution is 2.27. The maximum atomic E-state index is 12.4. The Morgan fingerprint density at radius 3 is 2.92 bits per heavy atom. The van der Waals surface area contributed by atoms with E-state index in [2.05, 4.69) is 15.3 Å². The molecule has 0 radical (unpaired) electrons. The zero-order valence-electron chi connectivity index (χ0n) is 13.1. The Morgan fingerprint density at radius 1 is 1.24 bits per heavy atom. The average Bonchev–Trinajstić information content (AvgIpc) is 3.25. The number of rotatable bonds is 3. The van der Waals surface area contributed by atoms with Crippen molar-refractivity contribution in [2.24, 2.45) is 0 Å². The lowest BCUT2D eigenvalue weighted by atomic mass is 10.1. The van der Waals surface area contributed by atoms with Crippen molar-refractivity contribution in [3.63, 3.8) is 0 Å². The second-order valence-electron chi connectivity index (χ2n) is 5.34. The van der Waals surface area contributed by atoms with Gasteiger partial charge < -0.3 is 0 Å². The minimum atomic E-state index is -0.510. The quantitative estimate of drug-likeness (QED) is 0.601. The van der Waals surface area contributed by atoms with Gasteiger partial charge in [0.05, 0.1) is 5.69 Å². The molecule has 3 aromatic heterocycles. The number of carbonyl (C=O) groups is 1. The number of anilines is 1. The molecule has 4 rings (SSSR count). The van der Waals surface area contributed by atoms with Crippen molar-refractivity contribution in [1.82, 2.24) is 14.4 Å². The van der Waals surface area contributed by atoms with E-state index in [1.165, 1.54) is 33.3 Å². The first-order valence-corrected chi connectivity index (χ1v) is 9.17. The lowest BCUT2D eigenvalue weighted by Crippen LogP contribution is -2.25. The van der Waals surface area contributed by atoms with Crippen LogP contribution in [0.5, 0.6) is 0 Å². The molecular formula is C17H12N4O2S2. The van der Waals surface area contributed by atoms with Crippen molar-refractivity contribution < 1.29 is 4.79 Å². The van der Waals surface area contributed by atoms with E-state index < -0.39 is 5.91 Å². The molecule has 1 aromatic carbocycles. The molecule has 6 nitrogen and oxygen atoms in total. The van der Waals surface area contributed by atoms with Gasteiger partial charge in [-0.25, -0.2) is 9.97 Å². The molecule has 1 N–H and O–H groups in total. The standard InChI is InChI=1S/C17H12N4O2S2/c1-10-4-2-3-5-11(10)13-9-25-16(19-13)20-14(22)12-8-18-17-21(15(12)23)6-7-24-17/h2-9H,1H3,(H,19,20,22). The first-order chi connectivity index (χ1) is 12.1. The second kappa shape index (κ2) is 6.23. The summed E-state index contributed by atoms with van der Waals surface area (Å²) in [5.41, 5.74) is 2.52. The third kappa shape index (κ3) is 2.86. The van der Waals surface area contributed by atoms with Crippen molar-refractivity contribution in [2.45, 2.75) is 6.92 Å². The zero-order chi connectivity index (χ0) is 17.4. The normalized spacial score (nSPS) is 10.9.